The number of hydrogen-bond donors (Lipinski definition) is 1. The Labute approximate surface area is 139 Å². The van der Waals surface area contributed by atoms with Crippen molar-refractivity contribution in [3.8, 4) is 0 Å². The topological polar surface area (TPSA) is 89.3 Å². The molecule has 0 aliphatic rings. The smallest absolute Gasteiger partial charge is 0.269 e. The molecule has 6 nitrogen and oxygen atoms in total. The highest BCUT2D eigenvalue weighted by Crippen LogP contribution is 2.25. The van der Waals surface area contributed by atoms with E-state index in [0.717, 1.165) is 0 Å². The summed E-state index contributed by atoms with van der Waals surface area (Å²) in [7, 11) is -3.78. The molecule has 0 bridgehead atoms. The minimum atomic E-state index is -3.78. The molecule has 1 N–H and O–H groups in total. The molecule has 0 aliphatic carbocycles. The van der Waals surface area contributed by atoms with Crippen LogP contribution in [0.15, 0.2) is 47.4 Å². The lowest BCUT2D eigenvalue weighted by Crippen LogP contribution is -2.14. The van der Waals surface area contributed by atoms with Gasteiger partial charge in [-0.05, 0) is 52.9 Å². The maximum atomic E-state index is 12.3. The molecule has 21 heavy (non-hydrogen) atoms. The Morgan fingerprint density at radius 2 is 1.76 bits per heavy atom. The van der Waals surface area contributed by atoms with Crippen LogP contribution < -0.4 is 4.72 Å². The molecule has 0 fully saturated rings. The zero-order chi connectivity index (χ0) is 15.6. The van der Waals surface area contributed by atoms with Gasteiger partial charge in [-0.25, -0.2) is 8.42 Å². The first-order valence-electron chi connectivity index (χ1n) is 5.52. The van der Waals surface area contributed by atoms with E-state index >= 15 is 0 Å². The summed E-state index contributed by atoms with van der Waals surface area (Å²) in [5.74, 6) is 0. The molecule has 0 heterocycles. The van der Waals surface area contributed by atoms with Gasteiger partial charge in [0.1, 0.15) is 4.90 Å². The number of benzene rings is 2. The second-order valence-electron chi connectivity index (χ2n) is 3.98. The summed E-state index contributed by atoms with van der Waals surface area (Å²) in [5.41, 5.74) is 0.130. The van der Waals surface area contributed by atoms with Gasteiger partial charge in [0.15, 0.2) is 0 Å². The second kappa shape index (κ2) is 6.16. The summed E-state index contributed by atoms with van der Waals surface area (Å²) in [5, 5.41) is 11.0. The monoisotopic (exact) mass is 438 g/mol. The fourth-order valence-corrected chi connectivity index (χ4v) is 4.41. The summed E-state index contributed by atoms with van der Waals surface area (Å²) in [6.07, 6.45) is 0. The van der Waals surface area contributed by atoms with E-state index in [0.29, 0.717) is 8.59 Å². The van der Waals surface area contributed by atoms with E-state index in [9.17, 15) is 18.5 Å². The van der Waals surface area contributed by atoms with Crippen LogP contribution in [0.2, 0.25) is 5.02 Å². The first kappa shape index (κ1) is 16.0. The summed E-state index contributed by atoms with van der Waals surface area (Å²) >= 11 is 7.67. The lowest BCUT2D eigenvalue weighted by Gasteiger charge is -2.09. The van der Waals surface area contributed by atoms with Crippen molar-refractivity contribution in [3.05, 3.63) is 61.2 Å². The fraction of sp³-hybridized carbons (Fsp3) is 0. The van der Waals surface area contributed by atoms with Crippen molar-refractivity contribution in [2.24, 2.45) is 0 Å². The van der Waals surface area contributed by atoms with E-state index in [-0.39, 0.29) is 16.3 Å². The summed E-state index contributed by atoms with van der Waals surface area (Å²) in [6, 6.07) is 9.53. The van der Waals surface area contributed by atoms with Crippen molar-refractivity contribution in [2.75, 3.05) is 4.72 Å². The van der Waals surface area contributed by atoms with Gasteiger partial charge in [-0.2, -0.15) is 0 Å². The third-order valence-corrected chi connectivity index (χ3v) is 5.45. The van der Waals surface area contributed by atoms with Crippen LogP contribution in [-0.2, 0) is 10.0 Å². The summed E-state index contributed by atoms with van der Waals surface area (Å²) < 4.78 is 27.4. The van der Waals surface area contributed by atoms with Gasteiger partial charge in [0.05, 0.1) is 4.92 Å². The fourth-order valence-electron chi connectivity index (χ4n) is 1.55. The molecule has 2 rings (SSSR count). The van der Waals surface area contributed by atoms with Crippen molar-refractivity contribution < 1.29 is 13.3 Å². The van der Waals surface area contributed by atoms with E-state index < -0.39 is 14.9 Å². The minimum Gasteiger partial charge on any atom is -0.280 e. The van der Waals surface area contributed by atoms with Crippen LogP contribution in [0.1, 0.15) is 0 Å². The van der Waals surface area contributed by atoms with Crippen LogP contribution in [0.3, 0.4) is 0 Å². The molecular formula is C12H8ClIN2O4S. The molecule has 0 saturated carbocycles. The third kappa shape index (κ3) is 3.83. The van der Waals surface area contributed by atoms with Crippen LogP contribution >= 0.6 is 34.2 Å². The lowest BCUT2D eigenvalue weighted by atomic mass is 10.3. The van der Waals surface area contributed by atoms with Crippen LogP contribution in [-0.4, -0.2) is 13.3 Å². The molecular weight excluding hydrogens is 431 g/mol. The first-order valence-corrected chi connectivity index (χ1v) is 8.46. The van der Waals surface area contributed by atoms with Crippen molar-refractivity contribution in [2.45, 2.75) is 4.90 Å². The molecule has 0 atom stereocenters. The number of nitrogens with one attached hydrogen (secondary N) is 1. The van der Waals surface area contributed by atoms with E-state index in [1.54, 1.807) is 0 Å². The number of non-ortho nitro benzene ring substituents is 1. The molecule has 0 aromatic heterocycles. The zero-order valence-corrected chi connectivity index (χ0v) is 14.0. The number of hydrogen-bond acceptors (Lipinski definition) is 4. The van der Waals surface area contributed by atoms with Gasteiger partial charge in [0.25, 0.3) is 15.7 Å². The van der Waals surface area contributed by atoms with Crippen molar-refractivity contribution in [1.82, 2.24) is 0 Å². The van der Waals surface area contributed by atoms with Crippen LogP contribution in [0.4, 0.5) is 11.4 Å². The number of halogens is 2. The quantitative estimate of drug-likeness (QED) is 0.448. The Morgan fingerprint density at radius 1 is 1.14 bits per heavy atom. The van der Waals surface area contributed by atoms with Gasteiger partial charge in [0.2, 0.25) is 0 Å². The second-order valence-corrected chi connectivity index (χ2v) is 7.23. The predicted molar refractivity (Wildman–Crippen MR) is 88.1 cm³/mol. The van der Waals surface area contributed by atoms with Crippen molar-refractivity contribution >= 4 is 55.6 Å². The molecule has 0 radical (unpaired) electrons. The van der Waals surface area contributed by atoms with E-state index in [2.05, 4.69) is 4.72 Å². The van der Waals surface area contributed by atoms with Gasteiger partial charge in [-0.15, -0.1) is 0 Å². The maximum absolute atomic E-state index is 12.3. The van der Waals surface area contributed by atoms with Gasteiger partial charge in [-0.1, -0.05) is 11.6 Å². The summed E-state index contributed by atoms with van der Waals surface area (Å²) in [4.78, 5) is 10.1. The number of nitro benzene ring substituents is 1. The Kier molecular flexibility index (Phi) is 4.69. The number of nitro groups is 1. The van der Waals surface area contributed by atoms with E-state index in [1.165, 1.54) is 42.5 Å². The number of sulfonamides is 1. The maximum Gasteiger partial charge on any atom is 0.269 e. The van der Waals surface area contributed by atoms with Crippen LogP contribution in [0.5, 0.6) is 0 Å². The van der Waals surface area contributed by atoms with Crippen molar-refractivity contribution in [1.29, 1.82) is 0 Å². The minimum absolute atomic E-state index is 0.0888. The Morgan fingerprint density at radius 3 is 2.29 bits per heavy atom. The molecule has 0 aliphatic heterocycles. The third-order valence-electron chi connectivity index (χ3n) is 2.51. The van der Waals surface area contributed by atoms with E-state index in [4.69, 9.17) is 11.6 Å². The van der Waals surface area contributed by atoms with Crippen LogP contribution in [0.25, 0.3) is 0 Å². The first-order chi connectivity index (χ1) is 9.79. The van der Waals surface area contributed by atoms with Gasteiger partial charge < -0.3 is 0 Å². The van der Waals surface area contributed by atoms with Gasteiger partial charge >= 0.3 is 0 Å². The highest BCUT2D eigenvalue weighted by atomic mass is 127. The molecule has 0 unspecified atom stereocenters. The van der Waals surface area contributed by atoms with Gasteiger partial charge in [-0.3, -0.25) is 14.8 Å². The molecule has 110 valence electrons. The number of nitrogens with zero attached hydrogens (tertiary/aromatic N) is 1. The molecule has 2 aromatic carbocycles. The Hall–Kier alpha value is -1.39. The normalized spacial score (nSPS) is 11.1. The van der Waals surface area contributed by atoms with E-state index in [1.807, 2.05) is 22.6 Å². The van der Waals surface area contributed by atoms with Crippen molar-refractivity contribution in [3.63, 3.8) is 0 Å². The Balaban J connectivity index is 2.30. The SMILES string of the molecule is O=[N+]([O-])c1ccc(NS(=O)(=O)c2ccc(Cl)cc2I)cc1. The molecule has 0 amide bonds. The molecule has 2 aromatic rings. The zero-order valence-electron chi connectivity index (χ0n) is 10.3. The standard InChI is InChI=1S/C12H8ClIN2O4S/c13-8-1-6-12(11(14)7-8)21(19,20)15-9-2-4-10(5-3-9)16(17)18/h1-7,15H. The molecule has 9 heteroatoms. The highest BCUT2D eigenvalue weighted by Gasteiger charge is 2.18. The molecule has 0 saturated heterocycles. The molecule has 0 spiro atoms. The Bertz CT molecular complexity index is 793. The van der Waals surface area contributed by atoms with Gasteiger partial charge in [0, 0.05) is 26.4 Å². The summed E-state index contributed by atoms with van der Waals surface area (Å²) in [6.45, 7) is 0. The lowest BCUT2D eigenvalue weighted by molar-refractivity contribution is -0.384. The predicted octanol–water partition coefficient (Wildman–Crippen LogP) is 3.65. The number of anilines is 1. The largest absolute Gasteiger partial charge is 0.280 e. The average molecular weight is 439 g/mol. The highest BCUT2D eigenvalue weighted by molar-refractivity contribution is 14.1. The van der Waals surface area contributed by atoms with Crippen LogP contribution in [0, 0.1) is 13.7 Å². The number of rotatable bonds is 4. The average Bonchev–Trinajstić information content (AvgIpc) is 2.38.